The molecule has 2 aromatic rings. The van der Waals surface area contributed by atoms with Crippen LogP contribution in [-0.4, -0.2) is 39.6 Å². The summed E-state index contributed by atoms with van der Waals surface area (Å²) >= 11 is 0. The van der Waals surface area contributed by atoms with E-state index in [9.17, 15) is 0 Å². The molecule has 0 radical (unpaired) electrons. The number of rotatable bonds is 5. The van der Waals surface area contributed by atoms with Gasteiger partial charge in [-0.1, -0.05) is 6.92 Å². The predicted octanol–water partition coefficient (Wildman–Crippen LogP) is 2.36. The molecule has 0 aromatic carbocycles. The van der Waals surface area contributed by atoms with Crippen molar-refractivity contribution >= 4 is 11.9 Å². The molecule has 3 rings (SSSR count). The number of anilines is 2. The summed E-state index contributed by atoms with van der Waals surface area (Å²) < 4.78 is 0. The Labute approximate surface area is 124 Å². The van der Waals surface area contributed by atoms with Crippen molar-refractivity contribution in [3.63, 3.8) is 0 Å². The first-order valence-electron chi connectivity index (χ1n) is 7.52. The van der Waals surface area contributed by atoms with Crippen LogP contribution >= 0.6 is 0 Å². The van der Waals surface area contributed by atoms with Crippen molar-refractivity contribution in [3.8, 4) is 11.4 Å². The molecule has 1 N–H and O–H groups in total. The first kappa shape index (κ1) is 13.7. The molecule has 0 bridgehead atoms. The van der Waals surface area contributed by atoms with Gasteiger partial charge in [-0.2, -0.15) is 15.0 Å². The van der Waals surface area contributed by atoms with Crippen LogP contribution < -0.4 is 10.2 Å². The summed E-state index contributed by atoms with van der Waals surface area (Å²) in [6.07, 6.45) is 6.96. The monoisotopic (exact) mass is 284 g/mol. The summed E-state index contributed by atoms with van der Waals surface area (Å²) in [4.78, 5) is 20.0. The summed E-state index contributed by atoms with van der Waals surface area (Å²) in [5, 5.41) is 3.26. The van der Waals surface area contributed by atoms with Gasteiger partial charge in [-0.15, -0.1) is 0 Å². The van der Waals surface area contributed by atoms with Crippen molar-refractivity contribution in [3.05, 3.63) is 24.5 Å². The first-order valence-corrected chi connectivity index (χ1v) is 7.52. The van der Waals surface area contributed by atoms with E-state index >= 15 is 0 Å². The van der Waals surface area contributed by atoms with Crippen molar-refractivity contribution in [1.82, 2.24) is 19.9 Å². The van der Waals surface area contributed by atoms with Gasteiger partial charge < -0.3 is 10.2 Å². The molecule has 0 amide bonds. The van der Waals surface area contributed by atoms with Crippen molar-refractivity contribution < 1.29 is 0 Å². The molecular weight excluding hydrogens is 264 g/mol. The van der Waals surface area contributed by atoms with E-state index in [-0.39, 0.29) is 0 Å². The molecule has 110 valence electrons. The first-order chi connectivity index (χ1) is 10.4. The number of nitrogens with zero attached hydrogens (tertiary/aromatic N) is 5. The largest absolute Gasteiger partial charge is 0.354 e. The second-order valence-electron chi connectivity index (χ2n) is 5.14. The Morgan fingerprint density at radius 3 is 2.57 bits per heavy atom. The molecule has 0 aliphatic carbocycles. The lowest BCUT2D eigenvalue weighted by atomic mass is 10.2. The van der Waals surface area contributed by atoms with Crippen LogP contribution in [0, 0.1) is 0 Å². The van der Waals surface area contributed by atoms with E-state index < -0.39 is 0 Å². The fourth-order valence-electron chi connectivity index (χ4n) is 2.37. The van der Waals surface area contributed by atoms with Crippen LogP contribution in [0.25, 0.3) is 11.4 Å². The SMILES string of the molecule is CCCNc1nc(-c2ccncc2)nc(N2CCCC2)n1. The highest BCUT2D eigenvalue weighted by molar-refractivity contribution is 5.57. The topological polar surface area (TPSA) is 66.8 Å². The van der Waals surface area contributed by atoms with E-state index in [1.165, 1.54) is 12.8 Å². The quantitative estimate of drug-likeness (QED) is 0.909. The van der Waals surface area contributed by atoms with Gasteiger partial charge in [0, 0.05) is 37.6 Å². The zero-order valence-electron chi connectivity index (χ0n) is 12.3. The minimum Gasteiger partial charge on any atom is -0.354 e. The Bertz CT molecular complexity index is 580. The summed E-state index contributed by atoms with van der Waals surface area (Å²) in [5.41, 5.74) is 0.965. The van der Waals surface area contributed by atoms with Crippen molar-refractivity contribution in [1.29, 1.82) is 0 Å². The average molecular weight is 284 g/mol. The summed E-state index contributed by atoms with van der Waals surface area (Å²) in [6.45, 7) is 5.03. The van der Waals surface area contributed by atoms with E-state index in [1.807, 2.05) is 12.1 Å². The fourth-order valence-corrected chi connectivity index (χ4v) is 2.37. The van der Waals surface area contributed by atoms with E-state index in [1.54, 1.807) is 12.4 Å². The normalized spacial score (nSPS) is 14.4. The molecule has 0 atom stereocenters. The van der Waals surface area contributed by atoms with Gasteiger partial charge >= 0.3 is 0 Å². The molecule has 0 spiro atoms. The molecule has 0 unspecified atom stereocenters. The number of hydrogen-bond acceptors (Lipinski definition) is 6. The Morgan fingerprint density at radius 2 is 1.86 bits per heavy atom. The molecule has 1 aliphatic heterocycles. The second kappa shape index (κ2) is 6.47. The number of hydrogen-bond donors (Lipinski definition) is 1. The second-order valence-corrected chi connectivity index (χ2v) is 5.14. The maximum absolute atomic E-state index is 4.63. The smallest absolute Gasteiger partial charge is 0.230 e. The van der Waals surface area contributed by atoms with Crippen LogP contribution in [0.5, 0.6) is 0 Å². The van der Waals surface area contributed by atoms with Crippen LogP contribution in [0.3, 0.4) is 0 Å². The number of aromatic nitrogens is 4. The maximum Gasteiger partial charge on any atom is 0.230 e. The van der Waals surface area contributed by atoms with E-state index in [4.69, 9.17) is 0 Å². The van der Waals surface area contributed by atoms with E-state index in [0.717, 1.165) is 37.6 Å². The van der Waals surface area contributed by atoms with E-state index in [0.29, 0.717) is 11.8 Å². The minimum atomic E-state index is 0.653. The lowest BCUT2D eigenvalue weighted by molar-refractivity contribution is 0.873. The van der Waals surface area contributed by atoms with Crippen LogP contribution in [0.1, 0.15) is 26.2 Å². The van der Waals surface area contributed by atoms with E-state index in [2.05, 4.69) is 37.1 Å². The maximum atomic E-state index is 4.63. The van der Waals surface area contributed by atoms with Crippen molar-refractivity contribution in [2.75, 3.05) is 29.9 Å². The number of pyridine rings is 1. The molecular formula is C15H20N6. The van der Waals surface area contributed by atoms with Crippen LogP contribution in [-0.2, 0) is 0 Å². The third-order valence-electron chi connectivity index (χ3n) is 3.48. The Morgan fingerprint density at radius 1 is 1.10 bits per heavy atom. The molecule has 21 heavy (non-hydrogen) atoms. The highest BCUT2D eigenvalue weighted by Crippen LogP contribution is 2.21. The third-order valence-corrected chi connectivity index (χ3v) is 3.48. The highest BCUT2D eigenvalue weighted by Gasteiger charge is 2.17. The molecule has 1 aliphatic rings. The minimum absolute atomic E-state index is 0.653. The van der Waals surface area contributed by atoms with Gasteiger partial charge in [0.15, 0.2) is 5.82 Å². The Hall–Kier alpha value is -2.24. The van der Waals surface area contributed by atoms with Gasteiger partial charge in [0.2, 0.25) is 11.9 Å². The summed E-state index contributed by atoms with van der Waals surface area (Å²) in [5.74, 6) is 2.13. The number of nitrogens with one attached hydrogen (secondary N) is 1. The molecule has 6 heteroatoms. The lowest BCUT2D eigenvalue weighted by Crippen LogP contribution is -2.22. The third kappa shape index (κ3) is 3.26. The van der Waals surface area contributed by atoms with Gasteiger partial charge in [-0.05, 0) is 31.4 Å². The summed E-state index contributed by atoms with van der Waals surface area (Å²) in [6, 6.07) is 3.85. The molecule has 3 heterocycles. The molecule has 0 saturated carbocycles. The average Bonchev–Trinajstić information content (AvgIpc) is 3.08. The van der Waals surface area contributed by atoms with Gasteiger partial charge in [0.25, 0.3) is 0 Å². The van der Waals surface area contributed by atoms with Gasteiger partial charge in [-0.3, -0.25) is 4.98 Å². The highest BCUT2D eigenvalue weighted by atomic mass is 15.3. The molecule has 2 aromatic heterocycles. The lowest BCUT2D eigenvalue weighted by Gasteiger charge is -2.16. The van der Waals surface area contributed by atoms with Gasteiger partial charge in [-0.25, -0.2) is 0 Å². The Balaban J connectivity index is 1.96. The van der Waals surface area contributed by atoms with Gasteiger partial charge in [0.1, 0.15) is 0 Å². The fraction of sp³-hybridized carbons (Fsp3) is 0.467. The zero-order chi connectivity index (χ0) is 14.5. The molecule has 1 saturated heterocycles. The van der Waals surface area contributed by atoms with Gasteiger partial charge in [0.05, 0.1) is 0 Å². The standard InChI is InChI=1S/C15H20N6/c1-2-7-17-14-18-13(12-5-8-16-9-6-12)19-15(20-14)21-10-3-4-11-21/h5-6,8-9H,2-4,7,10-11H2,1H3,(H,17,18,19,20). The molecule has 6 nitrogen and oxygen atoms in total. The predicted molar refractivity (Wildman–Crippen MR) is 83.3 cm³/mol. The zero-order valence-corrected chi connectivity index (χ0v) is 12.3. The van der Waals surface area contributed by atoms with Crippen LogP contribution in [0.4, 0.5) is 11.9 Å². The summed E-state index contributed by atoms with van der Waals surface area (Å²) in [7, 11) is 0. The van der Waals surface area contributed by atoms with Crippen molar-refractivity contribution in [2.24, 2.45) is 0 Å². The van der Waals surface area contributed by atoms with Crippen molar-refractivity contribution in [2.45, 2.75) is 26.2 Å². The van der Waals surface area contributed by atoms with Crippen LogP contribution in [0.15, 0.2) is 24.5 Å². The van der Waals surface area contributed by atoms with Crippen LogP contribution in [0.2, 0.25) is 0 Å². The Kier molecular flexibility index (Phi) is 4.23. The molecule has 1 fully saturated rings.